The van der Waals surface area contributed by atoms with E-state index in [9.17, 15) is 18.4 Å². The van der Waals surface area contributed by atoms with Crippen molar-refractivity contribution in [3.8, 4) is 0 Å². The molecule has 0 saturated carbocycles. The van der Waals surface area contributed by atoms with Crippen molar-refractivity contribution >= 4 is 11.8 Å². The van der Waals surface area contributed by atoms with Crippen LogP contribution in [0.5, 0.6) is 0 Å². The van der Waals surface area contributed by atoms with Gasteiger partial charge in [0, 0.05) is 18.9 Å². The van der Waals surface area contributed by atoms with Crippen molar-refractivity contribution in [2.45, 2.75) is 33.0 Å². The van der Waals surface area contributed by atoms with Crippen LogP contribution in [-0.4, -0.2) is 27.6 Å². The monoisotopic (exact) mass is 426 g/mol. The van der Waals surface area contributed by atoms with E-state index < -0.39 is 35.1 Å². The first-order chi connectivity index (χ1) is 14.8. The molecule has 162 valence electrons. The van der Waals surface area contributed by atoms with E-state index in [4.69, 9.17) is 0 Å². The van der Waals surface area contributed by atoms with Gasteiger partial charge in [-0.15, -0.1) is 0 Å². The van der Waals surface area contributed by atoms with E-state index in [-0.39, 0.29) is 12.5 Å². The van der Waals surface area contributed by atoms with Gasteiger partial charge in [0.05, 0.1) is 6.54 Å². The maximum atomic E-state index is 13.9. The summed E-state index contributed by atoms with van der Waals surface area (Å²) in [5, 5.41) is 9.38. The molecule has 1 unspecified atom stereocenters. The smallest absolute Gasteiger partial charge is 0.257 e. The van der Waals surface area contributed by atoms with Crippen LogP contribution < -0.4 is 10.6 Å². The molecule has 8 heteroatoms. The summed E-state index contributed by atoms with van der Waals surface area (Å²) in [4.78, 5) is 25.0. The number of halogens is 2. The van der Waals surface area contributed by atoms with E-state index in [1.54, 1.807) is 20.0 Å². The largest absolute Gasteiger partial charge is 0.350 e. The molecule has 1 aromatic heterocycles. The molecule has 0 aliphatic rings. The lowest BCUT2D eigenvalue weighted by atomic mass is 10.0. The first-order valence-corrected chi connectivity index (χ1v) is 9.93. The van der Waals surface area contributed by atoms with Crippen molar-refractivity contribution in [2.75, 3.05) is 0 Å². The first-order valence-electron chi connectivity index (χ1n) is 9.93. The van der Waals surface area contributed by atoms with Crippen LogP contribution in [0.4, 0.5) is 8.78 Å². The number of carbonyl (C=O) groups excluding carboxylic acids is 2. The van der Waals surface area contributed by atoms with Gasteiger partial charge in [-0.05, 0) is 35.2 Å². The Morgan fingerprint density at radius 1 is 1.00 bits per heavy atom. The van der Waals surface area contributed by atoms with Gasteiger partial charge in [0.2, 0.25) is 5.91 Å². The summed E-state index contributed by atoms with van der Waals surface area (Å²) >= 11 is 0. The molecule has 1 heterocycles. The second kappa shape index (κ2) is 9.97. The fraction of sp³-hybridized carbons (Fsp3) is 0.261. The van der Waals surface area contributed by atoms with Crippen LogP contribution in [0.1, 0.15) is 35.3 Å². The van der Waals surface area contributed by atoms with E-state index in [0.29, 0.717) is 6.54 Å². The number of benzene rings is 2. The van der Waals surface area contributed by atoms with Crippen LogP contribution in [0.25, 0.3) is 0 Å². The van der Waals surface area contributed by atoms with Gasteiger partial charge < -0.3 is 10.6 Å². The second-order valence-electron chi connectivity index (χ2n) is 7.53. The number of hydrogen-bond acceptors (Lipinski definition) is 3. The summed E-state index contributed by atoms with van der Waals surface area (Å²) in [7, 11) is 0. The van der Waals surface area contributed by atoms with E-state index in [2.05, 4.69) is 15.7 Å². The Kier molecular flexibility index (Phi) is 7.12. The molecule has 0 radical (unpaired) electrons. The lowest BCUT2D eigenvalue weighted by molar-refractivity contribution is -0.124. The summed E-state index contributed by atoms with van der Waals surface area (Å²) in [6.07, 6.45) is 3.59. The summed E-state index contributed by atoms with van der Waals surface area (Å²) in [5.74, 6) is -3.63. The molecule has 31 heavy (non-hydrogen) atoms. The minimum atomic E-state index is -0.976. The zero-order valence-electron chi connectivity index (χ0n) is 17.3. The molecule has 3 aromatic rings. The molecular weight excluding hydrogens is 402 g/mol. The normalized spacial score (nSPS) is 11.9. The minimum Gasteiger partial charge on any atom is -0.350 e. The molecule has 0 fully saturated rings. The van der Waals surface area contributed by atoms with Gasteiger partial charge in [-0.3, -0.25) is 14.3 Å². The van der Waals surface area contributed by atoms with Gasteiger partial charge in [0.1, 0.15) is 23.2 Å². The standard InChI is InChI=1S/C23H24F2N4O2/c1-15(2)21(28-22(30)20-18(24)5-3-6-19(20)25)23(31)26-13-16-7-9-17(10-8-16)14-29-12-4-11-27-29/h3-12,15,21H,13-14H2,1-2H3,(H,26,31)(H,28,30). The molecule has 2 aromatic carbocycles. The number of amides is 2. The highest BCUT2D eigenvalue weighted by Gasteiger charge is 2.27. The molecule has 0 saturated heterocycles. The lowest BCUT2D eigenvalue weighted by Crippen LogP contribution is -2.49. The number of hydrogen-bond donors (Lipinski definition) is 2. The fourth-order valence-corrected chi connectivity index (χ4v) is 3.11. The lowest BCUT2D eigenvalue weighted by Gasteiger charge is -2.22. The van der Waals surface area contributed by atoms with Crippen LogP contribution in [0.2, 0.25) is 0 Å². The first kappa shape index (κ1) is 22.1. The molecule has 0 aliphatic heterocycles. The Balaban J connectivity index is 1.60. The average Bonchev–Trinajstić information content (AvgIpc) is 3.24. The summed E-state index contributed by atoms with van der Waals surface area (Å²) < 4.78 is 29.5. The van der Waals surface area contributed by atoms with E-state index in [0.717, 1.165) is 23.3 Å². The van der Waals surface area contributed by atoms with Crippen LogP contribution in [-0.2, 0) is 17.9 Å². The number of carbonyl (C=O) groups is 2. The fourth-order valence-electron chi connectivity index (χ4n) is 3.11. The number of nitrogens with zero attached hydrogens (tertiary/aromatic N) is 2. The molecule has 0 aliphatic carbocycles. The quantitative estimate of drug-likeness (QED) is 0.581. The zero-order valence-corrected chi connectivity index (χ0v) is 17.3. The van der Waals surface area contributed by atoms with E-state index >= 15 is 0 Å². The second-order valence-corrected chi connectivity index (χ2v) is 7.53. The Labute approximate surface area is 179 Å². The molecule has 2 N–H and O–H groups in total. The van der Waals surface area contributed by atoms with Gasteiger partial charge in [0.15, 0.2) is 0 Å². The maximum absolute atomic E-state index is 13.9. The average molecular weight is 426 g/mol. The Hall–Kier alpha value is -3.55. The van der Waals surface area contributed by atoms with Gasteiger partial charge in [-0.25, -0.2) is 8.78 Å². The third-order valence-electron chi connectivity index (χ3n) is 4.82. The van der Waals surface area contributed by atoms with Gasteiger partial charge in [0.25, 0.3) is 5.91 Å². The molecule has 6 nitrogen and oxygen atoms in total. The molecule has 1 atom stereocenters. The van der Waals surface area contributed by atoms with E-state index in [1.165, 1.54) is 6.07 Å². The van der Waals surface area contributed by atoms with Crippen molar-refractivity contribution < 1.29 is 18.4 Å². The van der Waals surface area contributed by atoms with Crippen molar-refractivity contribution in [2.24, 2.45) is 5.92 Å². The predicted molar refractivity (Wildman–Crippen MR) is 112 cm³/mol. The van der Waals surface area contributed by atoms with Crippen molar-refractivity contribution in [1.82, 2.24) is 20.4 Å². The summed E-state index contributed by atoms with van der Waals surface area (Å²) in [5.41, 5.74) is 1.25. The number of nitrogens with one attached hydrogen (secondary N) is 2. The Morgan fingerprint density at radius 2 is 1.65 bits per heavy atom. The minimum absolute atomic E-state index is 0.258. The Morgan fingerprint density at radius 3 is 2.23 bits per heavy atom. The van der Waals surface area contributed by atoms with Crippen LogP contribution in [0.15, 0.2) is 60.9 Å². The molecule has 0 spiro atoms. The predicted octanol–water partition coefficient (Wildman–Crippen LogP) is 3.28. The maximum Gasteiger partial charge on any atom is 0.257 e. The molecule has 0 bridgehead atoms. The number of rotatable bonds is 8. The SMILES string of the molecule is CC(C)C(NC(=O)c1c(F)cccc1F)C(=O)NCc1ccc(Cn2cccn2)cc1. The third kappa shape index (κ3) is 5.75. The zero-order chi connectivity index (χ0) is 22.4. The van der Waals surface area contributed by atoms with Crippen LogP contribution >= 0.6 is 0 Å². The van der Waals surface area contributed by atoms with Crippen molar-refractivity contribution in [1.29, 1.82) is 0 Å². The van der Waals surface area contributed by atoms with Crippen LogP contribution in [0.3, 0.4) is 0 Å². The van der Waals surface area contributed by atoms with Crippen LogP contribution in [0, 0.1) is 17.6 Å². The van der Waals surface area contributed by atoms with E-state index in [1.807, 2.05) is 41.2 Å². The summed E-state index contributed by atoms with van der Waals surface area (Å²) in [6, 6.07) is 11.8. The highest BCUT2D eigenvalue weighted by molar-refractivity contribution is 5.98. The molecule has 2 amide bonds. The Bertz CT molecular complexity index is 1010. The molecule has 3 rings (SSSR count). The van der Waals surface area contributed by atoms with Gasteiger partial charge >= 0.3 is 0 Å². The van der Waals surface area contributed by atoms with Gasteiger partial charge in [-0.2, -0.15) is 5.10 Å². The number of aromatic nitrogens is 2. The molecular formula is C23H24F2N4O2. The third-order valence-corrected chi connectivity index (χ3v) is 4.82. The highest BCUT2D eigenvalue weighted by Crippen LogP contribution is 2.13. The van der Waals surface area contributed by atoms with Crippen molar-refractivity contribution in [3.63, 3.8) is 0 Å². The highest BCUT2D eigenvalue weighted by atomic mass is 19.1. The van der Waals surface area contributed by atoms with Gasteiger partial charge in [-0.1, -0.05) is 44.2 Å². The topological polar surface area (TPSA) is 76.0 Å². The van der Waals surface area contributed by atoms with Crippen molar-refractivity contribution in [3.05, 3.63) is 89.2 Å². The summed E-state index contributed by atoms with van der Waals surface area (Å²) in [6.45, 7) is 4.39.